The van der Waals surface area contributed by atoms with E-state index in [0.29, 0.717) is 17.9 Å². The number of carbonyl (C=O) groups excluding carboxylic acids is 1. The van der Waals surface area contributed by atoms with Crippen LogP contribution in [0.25, 0.3) is 0 Å². The second kappa shape index (κ2) is 4.24. The topological polar surface area (TPSA) is 20.3 Å². The van der Waals surface area contributed by atoms with E-state index < -0.39 is 0 Å². The maximum absolute atomic E-state index is 13.0. The number of hydrogen-bond acceptors (Lipinski definition) is 2. The number of carbonyl (C=O) groups is 1. The van der Waals surface area contributed by atoms with Crippen LogP contribution in [0.4, 0.5) is 10.1 Å². The van der Waals surface area contributed by atoms with Crippen LogP contribution < -0.4 is 4.90 Å². The van der Waals surface area contributed by atoms with Gasteiger partial charge in [-0.15, -0.1) is 0 Å². The Balaban J connectivity index is 2.27. The second-order valence-corrected chi connectivity index (χ2v) is 4.51. The first-order valence-electron chi connectivity index (χ1n) is 5.61. The molecule has 1 fully saturated rings. The van der Waals surface area contributed by atoms with Crippen molar-refractivity contribution in [3.8, 4) is 0 Å². The fourth-order valence-corrected chi connectivity index (χ4v) is 2.06. The van der Waals surface area contributed by atoms with Gasteiger partial charge in [-0.3, -0.25) is 4.79 Å². The third-order valence-corrected chi connectivity index (χ3v) is 3.41. The molecular formula is C13H16FNO. The summed E-state index contributed by atoms with van der Waals surface area (Å²) in [5, 5.41) is 0. The van der Waals surface area contributed by atoms with Gasteiger partial charge in [-0.1, -0.05) is 0 Å². The first-order valence-corrected chi connectivity index (χ1v) is 5.61. The molecule has 86 valence electrons. The zero-order chi connectivity index (χ0) is 11.7. The molecule has 0 bridgehead atoms. The highest BCUT2D eigenvalue weighted by Gasteiger charge is 2.31. The van der Waals surface area contributed by atoms with Gasteiger partial charge >= 0.3 is 0 Å². The van der Waals surface area contributed by atoms with Crippen LogP contribution in [0.15, 0.2) is 18.2 Å². The molecule has 1 aromatic carbocycles. The van der Waals surface area contributed by atoms with Gasteiger partial charge in [-0.2, -0.15) is 0 Å². The Labute approximate surface area is 95.1 Å². The Morgan fingerprint density at radius 1 is 1.50 bits per heavy atom. The standard InChI is InChI=1S/C13H16FNO/c1-9(10-3-4-10)15(2)13-6-5-12(14)7-11(13)8-16/h5-10H,3-4H2,1-2H3. The summed E-state index contributed by atoms with van der Waals surface area (Å²) in [4.78, 5) is 13.0. The maximum Gasteiger partial charge on any atom is 0.152 e. The molecule has 1 aliphatic carbocycles. The first kappa shape index (κ1) is 11.1. The minimum Gasteiger partial charge on any atom is -0.371 e. The lowest BCUT2D eigenvalue weighted by atomic mass is 10.1. The summed E-state index contributed by atoms with van der Waals surface area (Å²) in [6.45, 7) is 2.15. The molecule has 1 saturated carbocycles. The highest BCUT2D eigenvalue weighted by molar-refractivity contribution is 5.84. The number of halogens is 1. The molecule has 0 aliphatic heterocycles. The predicted molar refractivity (Wildman–Crippen MR) is 62.4 cm³/mol. The molecule has 1 unspecified atom stereocenters. The van der Waals surface area contributed by atoms with E-state index in [1.54, 1.807) is 6.07 Å². The zero-order valence-corrected chi connectivity index (χ0v) is 9.61. The second-order valence-electron chi connectivity index (χ2n) is 4.51. The van der Waals surface area contributed by atoms with Crippen molar-refractivity contribution >= 4 is 12.0 Å². The van der Waals surface area contributed by atoms with Gasteiger partial charge in [-0.25, -0.2) is 4.39 Å². The van der Waals surface area contributed by atoms with Crippen molar-refractivity contribution < 1.29 is 9.18 Å². The van der Waals surface area contributed by atoms with Crippen molar-refractivity contribution in [1.29, 1.82) is 0 Å². The maximum atomic E-state index is 13.0. The number of nitrogens with zero attached hydrogens (tertiary/aromatic N) is 1. The van der Waals surface area contributed by atoms with Crippen molar-refractivity contribution in [2.24, 2.45) is 5.92 Å². The van der Waals surface area contributed by atoms with Crippen molar-refractivity contribution in [1.82, 2.24) is 0 Å². The molecule has 0 heterocycles. The van der Waals surface area contributed by atoms with Crippen molar-refractivity contribution in [3.63, 3.8) is 0 Å². The first-order chi connectivity index (χ1) is 7.63. The van der Waals surface area contributed by atoms with Crippen molar-refractivity contribution in [2.75, 3.05) is 11.9 Å². The average molecular weight is 221 g/mol. The molecule has 0 aromatic heterocycles. The van der Waals surface area contributed by atoms with E-state index in [-0.39, 0.29) is 5.82 Å². The van der Waals surface area contributed by atoms with E-state index >= 15 is 0 Å². The molecule has 1 aliphatic rings. The van der Waals surface area contributed by atoms with E-state index in [0.717, 1.165) is 11.6 Å². The molecule has 1 atom stereocenters. The molecule has 3 heteroatoms. The Morgan fingerprint density at radius 2 is 2.19 bits per heavy atom. The molecule has 0 spiro atoms. The molecular weight excluding hydrogens is 205 g/mol. The van der Waals surface area contributed by atoms with Crippen molar-refractivity contribution in [3.05, 3.63) is 29.6 Å². The molecule has 16 heavy (non-hydrogen) atoms. The van der Waals surface area contributed by atoms with Crippen LogP contribution in [-0.2, 0) is 0 Å². The molecule has 0 saturated heterocycles. The summed E-state index contributed by atoms with van der Waals surface area (Å²) in [5.41, 5.74) is 1.24. The number of hydrogen-bond donors (Lipinski definition) is 0. The largest absolute Gasteiger partial charge is 0.371 e. The fourth-order valence-electron chi connectivity index (χ4n) is 2.06. The lowest BCUT2D eigenvalue weighted by Gasteiger charge is -2.28. The van der Waals surface area contributed by atoms with E-state index in [4.69, 9.17) is 0 Å². The number of benzene rings is 1. The van der Waals surface area contributed by atoms with Crippen LogP contribution in [0.1, 0.15) is 30.1 Å². The van der Waals surface area contributed by atoms with Gasteiger partial charge in [0.2, 0.25) is 0 Å². The van der Waals surface area contributed by atoms with Gasteiger partial charge in [-0.05, 0) is 43.9 Å². The normalized spacial score (nSPS) is 16.9. The molecule has 0 radical (unpaired) electrons. The Kier molecular flexibility index (Phi) is 2.95. The minimum absolute atomic E-state index is 0.363. The van der Waals surface area contributed by atoms with Crippen LogP contribution in [0.5, 0.6) is 0 Å². The van der Waals surface area contributed by atoms with Gasteiger partial charge < -0.3 is 4.90 Å². The summed E-state index contributed by atoms with van der Waals surface area (Å²) in [7, 11) is 1.96. The summed E-state index contributed by atoms with van der Waals surface area (Å²) < 4.78 is 13.0. The molecule has 1 aromatic rings. The van der Waals surface area contributed by atoms with E-state index in [2.05, 4.69) is 11.8 Å². The summed E-state index contributed by atoms with van der Waals surface area (Å²) >= 11 is 0. The lowest BCUT2D eigenvalue weighted by molar-refractivity contribution is 0.112. The van der Waals surface area contributed by atoms with E-state index in [1.165, 1.54) is 25.0 Å². The van der Waals surface area contributed by atoms with E-state index in [9.17, 15) is 9.18 Å². The Morgan fingerprint density at radius 3 is 2.75 bits per heavy atom. The lowest BCUT2D eigenvalue weighted by Crippen LogP contribution is -2.31. The average Bonchev–Trinajstić information content (AvgIpc) is 3.10. The highest BCUT2D eigenvalue weighted by atomic mass is 19.1. The molecule has 2 rings (SSSR count). The fraction of sp³-hybridized carbons (Fsp3) is 0.462. The van der Waals surface area contributed by atoms with E-state index in [1.807, 2.05) is 7.05 Å². The van der Waals surface area contributed by atoms with Gasteiger partial charge in [0.15, 0.2) is 6.29 Å². The van der Waals surface area contributed by atoms with Gasteiger partial charge in [0.25, 0.3) is 0 Å². The van der Waals surface area contributed by atoms with Crippen LogP contribution in [0, 0.1) is 11.7 Å². The highest BCUT2D eigenvalue weighted by Crippen LogP contribution is 2.36. The third-order valence-electron chi connectivity index (χ3n) is 3.41. The van der Waals surface area contributed by atoms with Crippen LogP contribution >= 0.6 is 0 Å². The van der Waals surface area contributed by atoms with Gasteiger partial charge in [0, 0.05) is 24.3 Å². The number of anilines is 1. The zero-order valence-electron chi connectivity index (χ0n) is 9.61. The molecule has 0 N–H and O–H groups in total. The quantitative estimate of drug-likeness (QED) is 0.729. The molecule has 0 amide bonds. The van der Waals surface area contributed by atoms with Crippen LogP contribution in [0.2, 0.25) is 0 Å². The predicted octanol–water partition coefficient (Wildman–Crippen LogP) is 2.87. The SMILES string of the molecule is CC(C1CC1)N(C)c1ccc(F)cc1C=O. The van der Waals surface area contributed by atoms with Gasteiger partial charge in [0.05, 0.1) is 0 Å². The minimum atomic E-state index is -0.363. The Hall–Kier alpha value is -1.38. The number of aldehydes is 1. The number of rotatable bonds is 4. The van der Waals surface area contributed by atoms with Gasteiger partial charge in [0.1, 0.15) is 5.82 Å². The summed E-state index contributed by atoms with van der Waals surface area (Å²) in [6.07, 6.45) is 3.22. The van der Waals surface area contributed by atoms with Crippen molar-refractivity contribution in [2.45, 2.75) is 25.8 Å². The summed E-state index contributed by atoms with van der Waals surface area (Å²) in [6, 6.07) is 4.78. The van der Waals surface area contributed by atoms with Crippen LogP contribution in [0.3, 0.4) is 0 Å². The summed E-state index contributed by atoms with van der Waals surface area (Å²) in [5.74, 6) is 0.355. The Bertz CT molecular complexity index is 401. The third kappa shape index (κ3) is 2.08. The van der Waals surface area contributed by atoms with Crippen LogP contribution in [-0.4, -0.2) is 19.4 Å². The molecule has 2 nitrogen and oxygen atoms in total. The monoisotopic (exact) mass is 221 g/mol. The smallest absolute Gasteiger partial charge is 0.152 e.